The van der Waals surface area contributed by atoms with Gasteiger partial charge in [0.1, 0.15) is 11.0 Å². The fourth-order valence-electron chi connectivity index (χ4n) is 2.14. The van der Waals surface area contributed by atoms with Crippen LogP contribution in [0.4, 0.5) is 0 Å². The van der Waals surface area contributed by atoms with Gasteiger partial charge in [0.05, 0.1) is 11.2 Å². The van der Waals surface area contributed by atoms with E-state index in [1.807, 2.05) is 0 Å². The summed E-state index contributed by atoms with van der Waals surface area (Å²) in [4.78, 5) is 4.59. The maximum atomic E-state index is 6.29. The van der Waals surface area contributed by atoms with Crippen molar-refractivity contribution in [1.82, 2.24) is 9.55 Å². The van der Waals surface area contributed by atoms with Crippen LogP contribution in [0, 0.1) is 0 Å². The molecular formula is C10H14ClN3. The third-order valence-corrected chi connectivity index (χ3v) is 3.66. The standard InChI is InChI=1S/C10H14ClN3/c11-9-8(10(12)4-5-10)13-7-3-1-2-6-14(7)9/h1-6,12H2. The van der Waals surface area contributed by atoms with Gasteiger partial charge in [0.25, 0.3) is 0 Å². The van der Waals surface area contributed by atoms with Crippen LogP contribution in [-0.2, 0) is 18.5 Å². The van der Waals surface area contributed by atoms with Crippen molar-refractivity contribution in [1.29, 1.82) is 0 Å². The zero-order valence-corrected chi connectivity index (χ0v) is 8.85. The van der Waals surface area contributed by atoms with Gasteiger partial charge in [-0.15, -0.1) is 0 Å². The molecule has 3 rings (SSSR count). The molecule has 2 aliphatic rings. The molecule has 4 heteroatoms. The number of aryl methyl sites for hydroxylation is 1. The summed E-state index contributed by atoms with van der Waals surface area (Å²) < 4.78 is 2.13. The van der Waals surface area contributed by atoms with Crippen LogP contribution in [0.3, 0.4) is 0 Å². The highest BCUT2D eigenvalue weighted by atomic mass is 35.5. The van der Waals surface area contributed by atoms with Crippen molar-refractivity contribution in [2.45, 2.75) is 44.2 Å². The van der Waals surface area contributed by atoms with Crippen LogP contribution in [0.15, 0.2) is 0 Å². The van der Waals surface area contributed by atoms with E-state index in [4.69, 9.17) is 17.3 Å². The molecule has 0 saturated heterocycles. The number of fused-ring (bicyclic) bond motifs is 1. The van der Waals surface area contributed by atoms with Crippen LogP contribution in [0.5, 0.6) is 0 Å². The highest BCUT2D eigenvalue weighted by Crippen LogP contribution is 2.45. The van der Waals surface area contributed by atoms with Crippen molar-refractivity contribution in [2.75, 3.05) is 0 Å². The van der Waals surface area contributed by atoms with Crippen molar-refractivity contribution in [2.24, 2.45) is 5.73 Å². The summed E-state index contributed by atoms with van der Waals surface area (Å²) in [6, 6.07) is 0. The van der Waals surface area contributed by atoms with Crippen molar-refractivity contribution in [3.8, 4) is 0 Å². The second kappa shape index (κ2) is 2.74. The van der Waals surface area contributed by atoms with Gasteiger partial charge in [-0.1, -0.05) is 11.6 Å². The summed E-state index contributed by atoms with van der Waals surface area (Å²) in [6.45, 7) is 1.01. The Balaban J connectivity index is 2.09. The molecule has 0 bridgehead atoms. The number of nitrogens with two attached hydrogens (primary N) is 1. The van der Waals surface area contributed by atoms with Gasteiger partial charge < -0.3 is 10.3 Å². The second-order valence-corrected chi connectivity index (χ2v) is 4.79. The predicted molar refractivity (Wildman–Crippen MR) is 55.3 cm³/mol. The van der Waals surface area contributed by atoms with Gasteiger partial charge >= 0.3 is 0 Å². The topological polar surface area (TPSA) is 43.8 Å². The minimum Gasteiger partial charge on any atom is -0.320 e. The van der Waals surface area contributed by atoms with Crippen LogP contribution >= 0.6 is 11.6 Å². The predicted octanol–water partition coefficient (Wildman–Crippen LogP) is 1.82. The lowest BCUT2D eigenvalue weighted by Gasteiger charge is -2.13. The van der Waals surface area contributed by atoms with Crippen LogP contribution in [0.1, 0.15) is 37.2 Å². The summed E-state index contributed by atoms with van der Waals surface area (Å²) in [5.74, 6) is 1.13. The molecule has 0 radical (unpaired) electrons. The lowest BCUT2D eigenvalue weighted by molar-refractivity contribution is 0.523. The van der Waals surface area contributed by atoms with E-state index in [1.165, 1.54) is 12.8 Å². The number of halogens is 1. The van der Waals surface area contributed by atoms with Crippen LogP contribution < -0.4 is 5.73 Å². The zero-order chi connectivity index (χ0) is 9.76. The maximum Gasteiger partial charge on any atom is 0.133 e. The van der Waals surface area contributed by atoms with Crippen molar-refractivity contribution < 1.29 is 0 Å². The summed E-state index contributed by atoms with van der Waals surface area (Å²) in [5, 5.41) is 0.791. The van der Waals surface area contributed by atoms with Crippen LogP contribution in [0.2, 0.25) is 5.15 Å². The number of hydrogen-bond donors (Lipinski definition) is 1. The van der Waals surface area contributed by atoms with Crippen molar-refractivity contribution in [3.63, 3.8) is 0 Å². The number of nitrogens with zero attached hydrogens (tertiary/aromatic N) is 2. The quantitative estimate of drug-likeness (QED) is 0.770. The Morgan fingerprint density at radius 1 is 1.36 bits per heavy atom. The Morgan fingerprint density at radius 2 is 2.14 bits per heavy atom. The number of imidazole rings is 1. The van der Waals surface area contributed by atoms with Crippen LogP contribution in [-0.4, -0.2) is 9.55 Å². The number of rotatable bonds is 1. The molecule has 1 aliphatic heterocycles. The van der Waals surface area contributed by atoms with E-state index >= 15 is 0 Å². The van der Waals surface area contributed by atoms with E-state index in [-0.39, 0.29) is 5.54 Å². The Hall–Kier alpha value is -0.540. The molecule has 3 nitrogen and oxygen atoms in total. The van der Waals surface area contributed by atoms with Gasteiger partial charge in [-0.25, -0.2) is 4.98 Å². The smallest absolute Gasteiger partial charge is 0.133 e. The average Bonchev–Trinajstić information content (AvgIpc) is 2.84. The summed E-state index contributed by atoms with van der Waals surface area (Å²) in [5.41, 5.74) is 6.87. The zero-order valence-electron chi connectivity index (χ0n) is 8.09. The molecule has 2 heterocycles. The van der Waals surface area contributed by atoms with E-state index in [0.29, 0.717) is 0 Å². The molecule has 1 aliphatic carbocycles. The average molecular weight is 212 g/mol. The van der Waals surface area contributed by atoms with E-state index in [0.717, 1.165) is 42.5 Å². The lowest BCUT2D eigenvalue weighted by Crippen LogP contribution is -2.19. The summed E-state index contributed by atoms with van der Waals surface area (Å²) in [7, 11) is 0. The van der Waals surface area contributed by atoms with Crippen molar-refractivity contribution in [3.05, 3.63) is 16.7 Å². The third-order valence-electron chi connectivity index (χ3n) is 3.28. The van der Waals surface area contributed by atoms with E-state index in [1.54, 1.807) is 0 Å². The molecule has 0 atom stereocenters. The Kier molecular flexibility index (Phi) is 1.71. The maximum absolute atomic E-state index is 6.29. The molecule has 1 fully saturated rings. The van der Waals surface area contributed by atoms with E-state index in [9.17, 15) is 0 Å². The molecule has 0 aromatic carbocycles. The van der Waals surface area contributed by atoms with Gasteiger partial charge in [-0.05, 0) is 25.7 Å². The Bertz CT molecular complexity index is 379. The first-order chi connectivity index (χ1) is 6.71. The fraction of sp³-hybridized carbons (Fsp3) is 0.700. The third kappa shape index (κ3) is 1.12. The van der Waals surface area contributed by atoms with Gasteiger partial charge in [0, 0.05) is 13.0 Å². The molecular weight excluding hydrogens is 198 g/mol. The summed E-state index contributed by atoms with van der Waals surface area (Å²) in [6.07, 6.45) is 5.55. The lowest BCUT2D eigenvalue weighted by atomic mass is 10.2. The van der Waals surface area contributed by atoms with E-state index < -0.39 is 0 Å². The van der Waals surface area contributed by atoms with E-state index in [2.05, 4.69) is 9.55 Å². The normalized spacial score (nSPS) is 23.3. The molecule has 1 saturated carbocycles. The first-order valence-corrected chi connectivity index (χ1v) is 5.63. The molecule has 2 N–H and O–H groups in total. The highest BCUT2D eigenvalue weighted by Gasteiger charge is 2.45. The van der Waals surface area contributed by atoms with Gasteiger partial charge in [0.15, 0.2) is 0 Å². The van der Waals surface area contributed by atoms with Gasteiger partial charge in [0.2, 0.25) is 0 Å². The van der Waals surface area contributed by atoms with Gasteiger partial charge in [-0.2, -0.15) is 0 Å². The monoisotopic (exact) mass is 211 g/mol. The Labute approximate surface area is 88.3 Å². The van der Waals surface area contributed by atoms with Crippen LogP contribution in [0.25, 0.3) is 0 Å². The highest BCUT2D eigenvalue weighted by molar-refractivity contribution is 6.30. The first-order valence-electron chi connectivity index (χ1n) is 5.25. The minimum atomic E-state index is -0.193. The summed E-state index contributed by atoms with van der Waals surface area (Å²) >= 11 is 6.29. The second-order valence-electron chi connectivity index (χ2n) is 4.43. The largest absolute Gasteiger partial charge is 0.320 e. The molecule has 0 spiro atoms. The minimum absolute atomic E-state index is 0.193. The Morgan fingerprint density at radius 3 is 2.79 bits per heavy atom. The molecule has 76 valence electrons. The van der Waals surface area contributed by atoms with Crippen molar-refractivity contribution >= 4 is 11.6 Å². The molecule has 0 amide bonds. The SMILES string of the molecule is NC1(c2nc3n(c2Cl)CCCC3)CC1. The number of aromatic nitrogens is 2. The molecule has 14 heavy (non-hydrogen) atoms. The molecule has 1 aromatic heterocycles. The molecule has 0 unspecified atom stereocenters. The first kappa shape index (κ1) is 8.74. The molecule has 1 aromatic rings. The number of hydrogen-bond acceptors (Lipinski definition) is 2. The fourth-order valence-corrected chi connectivity index (χ4v) is 2.55. The van der Waals surface area contributed by atoms with Gasteiger partial charge in [-0.3, -0.25) is 0 Å².